The zero-order valence-corrected chi connectivity index (χ0v) is 12.9. The highest BCUT2D eigenvalue weighted by atomic mass is 35.5. The average Bonchev–Trinajstić information content (AvgIpc) is 2.55. The third kappa shape index (κ3) is 3.51. The Hall–Kier alpha value is -0.210. The zero-order valence-electron chi connectivity index (χ0n) is 12.2. The Bertz CT molecular complexity index is 429. The topological polar surface area (TPSA) is 149 Å². The maximum atomic E-state index is 13.8. The van der Waals surface area contributed by atoms with Crippen molar-refractivity contribution in [3.05, 3.63) is 0 Å². The van der Waals surface area contributed by atoms with Crippen molar-refractivity contribution in [3.63, 3.8) is 0 Å². The highest BCUT2D eigenvalue weighted by Gasteiger charge is 2.59. The van der Waals surface area contributed by atoms with Gasteiger partial charge in [0.2, 0.25) is 0 Å². The van der Waals surface area contributed by atoms with Crippen LogP contribution in [0.1, 0.15) is 0 Å². The molecule has 2 rings (SSSR count). The van der Waals surface area contributed by atoms with Gasteiger partial charge in [-0.25, -0.2) is 0 Å². The van der Waals surface area contributed by atoms with E-state index >= 15 is 0 Å². The maximum Gasteiger partial charge on any atom is 0.315 e. The molecule has 0 aliphatic carbocycles. The van der Waals surface area contributed by atoms with E-state index in [1.54, 1.807) is 0 Å². The highest BCUT2D eigenvalue weighted by molar-refractivity contribution is 6.20. The van der Waals surface area contributed by atoms with Gasteiger partial charge in [-0.3, -0.25) is 0 Å². The SMILES string of the molecule is OC[C@H]1O[C@H](O[C@@H]2[C@@H](CO)O[C@H](Cl)C(F)(F)[C@H]2O)[C@H](O)[C@@H](O)[C@@H]1O. The number of halogens is 3. The summed E-state index contributed by atoms with van der Waals surface area (Å²) in [6, 6.07) is 0. The van der Waals surface area contributed by atoms with Crippen LogP contribution in [-0.2, 0) is 14.2 Å². The third-order valence-electron chi connectivity index (χ3n) is 3.99. The molecule has 0 aromatic heterocycles. The summed E-state index contributed by atoms with van der Waals surface area (Å²) in [5.74, 6) is -3.92. The van der Waals surface area contributed by atoms with E-state index in [0.29, 0.717) is 0 Å². The summed E-state index contributed by atoms with van der Waals surface area (Å²) in [5, 5.41) is 57.2. The first-order chi connectivity index (χ1) is 11.1. The number of hydrogen-bond donors (Lipinski definition) is 6. The second kappa shape index (κ2) is 7.58. The zero-order chi connectivity index (χ0) is 18.2. The standard InChI is InChI=1S/C12H19ClF2O9/c13-11-12(14,15)9(21)8(4(2-17)23-11)24-10-7(20)6(19)5(18)3(1-16)22-10/h3-11,16-21H,1-2H2/t3-,4-,5-,6+,7-,8-,9+,10-,11+/m1/s1. The molecule has 142 valence electrons. The van der Waals surface area contributed by atoms with Crippen molar-refractivity contribution in [3.8, 4) is 0 Å². The first-order valence-electron chi connectivity index (χ1n) is 7.07. The predicted molar refractivity (Wildman–Crippen MR) is 71.2 cm³/mol. The Morgan fingerprint density at radius 3 is 2.04 bits per heavy atom. The summed E-state index contributed by atoms with van der Waals surface area (Å²) in [5.41, 5.74) is -2.21. The average molecular weight is 381 g/mol. The minimum Gasteiger partial charge on any atom is -0.394 e. The molecule has 2 aliphatic heterocycles. The van der Waals surface area contributed by atoms with Crippen molar-refractivity contribution in [2.45, 2.75) is 60.5 Å². The van der Waals surface area contributed by atoms with Gasteiger partial charge in [-0.1, -0.05) is 11.6 Å². The molecule has 12 heteroatoms. The lowest BCUT2D eigenvalue weighted by Crippen LogP contribution is -2.65. The van der Waals surface area contributed by atoms with Gasteiger partial charge in [0.25, 0.3) is 0 Å². The normalized spacial score (nSPS) is 49.1. The molecule has 2 heterocycles. The summed E-state index contributed by atoms with van der Waals surface area (Å²) >= 11 is 5.32. The minimum absolute atomic E-state index is 0.752. The first-order valence-corrected chi connectivity index (χ1v) is 7.51. The van der Waals surface area contributed by atoms with E-state index in [1.165, 1.54) is 0 Å². The van der Waals surface area contributed by atoms with E-state index in [4.69, 9.17) is 30.9 Å². The summed E-state index contributed by atoms with van der Waals surface area (Å²) in [4.78, 5) is 0. The first kappa shape index (κ1) is 20.1. The number of rotatable bonds is 4. The predicted octanol–water partition coefficient (Wildman–Crippen LogP) is -2.88. The van der Waals surface area contributed by atoms with Crippen molar-refractivity contribution in [1.82, 2.24) is 0 Å². The smallest absolute Gasteiger partial charge is 0.315 e. The Labute approximate surface area is 139 Å². The van der Waals surface area contributed by atoms with Crippen LogP contribution in [0.5, 0.6) is 0 Å². The fourth-order valence-electron chi connectivity index (χ4n) is 2.52. The molecular formula is C12H19ClF2O9. The second-order valence-electron chi connectivity index (χ2n) is 5.59. The molecule has 2 fully saturated rings. The molecule has 0 radical (unpaired) electrons. The van der Waals surface area contributed by atoms with Crippen LogP contribution in [0.4, 0.5) is 8.78 Å². The molecule has 6 N–H and O–H groups in total. The molecule has 9 nitrogen and oxygen atoms in total. The fraction of sp³-hybridized carbons (Fsp3) is 1.00. The van der Waals surface area contributed by atoms with Gasteiger partial charge >= 0.3 is 5.92 Å². The van der Waals surface area contributed by atoms with Crippen LogP contribution in [0.15, 0.2) is 0 Å². The van der Waals surface area contributed by atoms with Crippen molar-refractivity contribution in [2.75, 3.05) is 13.2 Å². The van der Waals surface area contributed by atoms with Crippen molar-refractivity contribution in [1.29, 1.82) is 0 Å². The largest absolute Gasteiger partial charge is 0.394 e. The minimum atomic E-state index is -3.92. The molecule has 0 amide bonds. The van der Waals surface area contributed by atoms with Gasteiger partial charge < -0.3 is 44.8 Å². The van der Waals surface area contributed by atoms with E-state index in [1.807, 2.05) is 0 Å². The molecule has 0 unspecified atom stereocenters. The lowest BCUT2D eigenvalue weighted by molar-refractivity contribution is -0.352. The number of alkyl halides is 3. The fourth-order valence-corrected chi connectivity index (χ4v) is 2.78. The molecule has 9 atom stereocenters. The lowest BCUT2D eigenvalue weighted by atomic mass is 9.97. The van der Waals surface area contributed by atoms with E-state index in [0.717, 1.165) is 0 Å². The monoisotopic (exact) mass is 380 g/mol. The maximum absolute atomic E-state index is 13.8. The van der Waals surface area contributed by atoms with Crippen LogP contribution in [0.2, 0.25) is 0 Å². The molecule has 24 heavy (non-hydrogen) atoms. The van der Waals surface area contributed by atoms with E-state index in [2.05, 4.69) is 0 Å². The molecule has 2 aliphatic rings. The van der Waals surface area contributed by atoms with Crippen LogP contribution in [0, 0.1) is 0 Å². The van der Waals surface area contributed by atoms with Gasteiger partial charge in [-0.2, -0.15) is 8.78 Å². The van der Waals surface area contributed by atoms with Crippen LogP contribution in [-0.4, -0.2) is 104 Å². The molecule has 2 saturated heterocycles. The molecule has 0 aromatic carbocycles. The number of hydrogen-bond acceptors (Lipinski definition) is 9. The van der Waals surface area contributed by atoms with Gasteiger partial charge in [-0.15, -0.1) is 0 Å². The van der Waals surface area contributed by atoms with E-state index in [9.17, 15) is 34.3 Å². The van der Waals surface area contributed by atoms with Crippen LogP contribution in [0.25, 0.3) is 0 Å². The van der Waals surface area contributed by atoms with Gasteiger partial charge in [-0.05, 0) is 0 Å². The van der Waals surface area contributed by atoms with Gasteiger partial charge in [0.1, 0.15) is 36.6 Å². The molecule has 0 bridgehead atoms. The Kier molecular flexibility index (Phi) is 6.35. The second-order valence-corrected chi connectivity index (χ2v) is 5.99. The molecular weight excluding hydrogens is 362 g/mol. The Morgan fingerprint density at radius 1 is 0.917 bits per heavy atom. The summed E-state index contributed by atoms with van der Waals surface area (Å²) < 4.78 is 42.3. The summed E-state index contributed by atoms with van der Waals surface area (Å²) in [7, 11) is 0. The van der Waals surface area contributed by atoms with Crippen LogP contribution in [0.3, 0.4) is 0 Å². The van der Waals surface area contributed by atoms with Gasteiger partial charge in [0, 0.05) is 0 Å². The number of aliphatic hydroxyl groups is 6. The summed E-state index contributed by atoms with van der Waals surface area (Å²) in [6.07, 6.45) is -14.3. The lowest BCUT2D eigenvalue weighted by Gasteiger charge is -2.45. The quantitative estimate of drug-likeness (QED) is 0.283. The third-order valence-corrected chi connectivity index (χ3v) is 4.38. The Balaban J connectivity index is 2.17. The van der Waals surface area contributed by atoms with E-state index in [-0.39, 0.29) is 0 Å². The van der Waals surface area contributed by atoms with E-state index < -0.39 is 73.7 Å². The van der Waals surface area contributed by atoms with Crippen molar-refractivity contribution >= 4 is 11.6 Å². The molecule has 0 spiro atoms. The highest BCUT2D eigenvalue weighted by Crippen LogP contribution is 2.39. The molecule has 0 saturated carbocycles. The van der Waals surface area contributed by atoms with Gasteiger partial charge in [0.15, 0.2) is 18.0 Å². The number of ether oxygens (including phenoxy) is 3. The van der Waals surface area contributed by atoms with Crippen molar-refractivity contribution < 1.29 is 53.6 Å². The Morgan fingerprint density at radius 2 is 1.50 bits per heavy atom. The van der Waals surface area contributed by atoms with Crippen molar-refractivity contribution in [2.24, 2.45) is 0 Å². The number of aliphatic hydroxyl groups excluding tert-OH is 6. The molecule has 0 aromatic rings. The van der Waals surface area contributed by atoms with Gasteiger partial charge in [0.05, 0.1) is 13.2 Å². The van der Waals surface area contributed by atoms with Crippen LogP contribution >= 0.6 is 11.6 Å². The summed E-state index contributed by atoms with van der Waals surface area (Å²) in [6.45, 7) is -1.59. The van der Waals surface area contributed by atoms with Crippen LogP contribution < -0.4 is 0 Å².